The van der Waals surface area contributed by atoms with E-state index in [4.69, 9.17) is 5.11 Å². The van der Waals surface area contributed by atoms with Gasteiger partial charge in [0.25, 0.3) is 10.2 Å². The zero-order valence-electron chi connectivity index (χ0n) is 8.46. The predicted octanol–water partition coefficient (Wildman–Crippen LogP) is -0.516. The number of aliphatic carboxylic acids is 1. The first-order chi connectivity index (χ1) is 6.94. The molecule has 0 aromatic rings. The number of nitrogens with zero attached hydrogens (tertiary/aromatic N) is 2. The van der Waals surface area contributed by atoms with E-state index >= 15 is 0 Å². The lowest BCUT2D eigenvalue weighted by Crippen LogP contribution is -2.43. The van der Waals surface area contributed by atoms with E-state index in [1.807, 2.05) is 0 Å². The van der Waals surface area contributed by atoms with Crippen LogP contribution in [0, 0.1) is 0 Å². The average molecular weight is 234 g/mol. The molecule has 0 aromatic heterocycles. The van der Waals surface area contributed by atoms with E-state index < -0.39 is 22.2 Å². The molecule has 0 spiro atoms. The lowest BCUT2D eigenvalue weighted by atomic mass is 10.3. The lowest BCUT2D eigenvalue weighted by molar-refractivity contribution is -0.140. The Balaban J connectivity index is 2.19. The molecule has 2 rings (SSSR count). The molecule has 1 saturated heterocycles. The number of hydrogen-bond donors (Lipinski definition) is 1. The fraction of sp³-hybridized carbons (Fsp3) is 0.875. The largest absolute Gasteiger partial charge is 0.480 e. The van der Waals surface area contributed by atoms with Gasteiger partial charge in [-0.05, 0) is 19.8 Å². The summed E-state index contributed by atoms with van der Waals surface area (Å²) < 4.78 is 26.3. The highest BCUT2D eigenvalue weighted by Gasteiger charge is 2.47. The Labute approximate surface area is 88.7 Å². The van der Waals surface area contributed by atoms with Crippen LogP contribution in [0.5, 0.6) is 0 Å². The van der Waals surface area contributed by atoms with Crippen LogP contribution in [0.15, 0.2) is 0 Å². The highest BCUT2D eigenvalue weighted by molar-refractivity contribution is 7.87. The minimum Gasteiger partial charge on any atom is -0.480 e. The van der Waals surface area contributed by atoms with Crippen molar-refractivity contribution < 1.29 is 18.3 Å². The summed E-state index contributed by atoms with van der Waals surface area (Å²) in [6.45, 7) is 2.10. The van der Waals surface area contributed by atoms with Crippen molar-refractivity contribution in [3.8, 4) is 0 Å². The Kier molecular flexibility index (Phi) is 2.48. The molecule has 1 saturated carbocycles. The number of carboxylic acids is 1. The van der Waals surface area contributed by atoms with Crippen molar-refractivity contribution in [2.75, 3.05) is 13.1 Å². The normalized spacial score (nSPS) is 29.1. The van der Waals surface area contributed by atoms with E-state index in [1.165, 1.54) is 11.2 Å². The van der Waals surface area contributed by atoms with E-state index in [-0.39, 0.29) is 12.6 Å². The monoisotopic (exact) mass is 234 g/mol. The summed E-state index contributed by atoms with van der Waals surface area (Å²) in [4.78, 5) is 10.7. The lowest BCUT2D eigenvalue weighted by Gasteiger charge is -2.21. The van der Waals surface area contributed by atoms with E-state index in [9.17, 15) is 13.2 Å². The first-order valence-electron chi connectivity index (χ1n) is 4.96. The Morgan fingerprint density at radius 3 is 2.47 bits per heavy atom. The summed E-state index contributed by atoms with van der Waals surface area (Å²) >= 11 is 0. The van der Waals surface area contributed by atoms with Gasteiger partial charge in [-0.1, -0.05) is 0 Å². The van der Waals surface area contributed by atoms with E-state index in [0.29, 0.717) is 6.54 Å². The van der Waals surface area contributed by atoms with Gasteiger partial charge in [-0.25, -0.2) is 0 Å². The molecular weight excluding hydrogens is 220 g/mol. The van der Waals surface area contributed by atoms with Gasteiger partial charge in [-0.15, -0.1) is 0 Å². The summed E-state index contributed by atoms with van der Waals surface area (Å²) in [5.74, 6) is -1.10. The van der Waals surface area contributed by atoms with Crippen LogP contribution < -0.4 is 0 Å². The van der Waals surface area contributed by atoms with Crippen LogP contribution in [0.25, 0.3) is 0 Å². The second-order valence-electron chi connectivity index (χ2n) is 3.97. The van der Waals surface area contributed by atoms with Crippen molar-refractivity contribution in [1.82, 2.24) is 8.61 Å². The Morgan fingerprint density at radius 2 is 2.00 bits per heavy atom. The fourth-order valence-electron chi connectivity index (χ4n) is 1.81. The second kappa shape index (κ2) is 3.43. The molecule has 1 aliphatic carbocycles. The van der Waals surface area contributed by atoms with Crippen molar-refractivity contribution in [1.29, 1.82) is 0 Å². The van der Waals surface area contributed by atoms with Crippen molar-refractivity contribution in [3.05, 3.63) is 0 Å². The molecule has 0 bridgehead atoms. The molecule has 0 radical (unpaired) electrons. The summed E-state index contributed by atoms with van der Waals surface area (Å²) in [5.41, 5.74) is 0. The van der Waals surface area contributed by atoms with Crippen molar-refractivity contribution in [2.45, 2.75) is 31.8 Å². The standard InChI is InChI=1S/C8H14N2O4S/c1-6(8(11)12)9-4-5-10(7-2-3-7)15(9,13)14/h6-7H,2-5H2,1H3,(H,11,12). The van der Waals surface area contributed by atoms with Gasteiger partial charge < -0.3 is 5.11 Å². The van der Waals surface area contributed by atoms with Gasteiger partial charge in [0.2, 0.25) is 0 Å². The number of carboxylic acid groups (broad SMARTS) is 1. The molecule has 2 fully saturated rings. The molecule has 0 amide bonds. The van der Waals surface area contributed by atoms with Crippen molar-refractivity contribution >= 4 is 16.2 Å². The Bertz CT molecular complexity index is 376. The SMILES string of the molecule is CC(C(=O)O)N1CCN(C2CC2)S1(=O)=O. The molecule has 6 nitrogen and oxygen atoms in total. The Morgan fingerprint density at radius 1 is 1.40 bits per heavy atom. The van der Waals surface area contributed by atoms with Gasteiger partial charge in [0.05, 0.1) is 0 Å². The molecular formula is C8H14N2O4S. The predicted molar refractivity (Wildman–Crippen MR) is 52.5 cm³/mol. The minimum atomic E-state index is -3.52. The summed E-state index contributed by atoms with van der Waals surface area (Å²) in [6.07, 6.45) is 1.79. The fourth-order valence-corrected chi connectivity index (χ4v) is 3.78. The second-order valence-corrected chi connectivity index (χ2v) is 5.81. The van der Waals surface area contributed by atoms with Gasteiger partial charge in [0.15, 0.2) is 0 Å². The number of carbonyl (C=O) groups is 1. The Hall–Kier alpha value is -0.660. The quantitative estimate of drug-likeness (QED) is 0.713. The van der Waals surface area contributed by atoms with Crippen molar-refractivity contribution in [3.63, 3.8) is 0 Å². The maximum atomic E-state index is 11.9. The number of rotatable bonds is 3. The topological polar surface area (TPSA) is 77.9 Å². The maximum absolute atomic E-state index is 11.9. The van der Waals surface area contributed by atoms with Gasteiger partial charge in [0, 0.05) is 19.1 Å². The summed E-state index contributed by atoms with van der Waals surface area (Å²) in [5, 5.41) is 8.79. The van der Waals surface area contributed by atoms with Gasteiger partial charge in [-0.2, -0.15) is 17.0 Å². The molecule has 7 heteroatoms. The van der Waals surface area contributed by atoms with Crippen LogP contribution >= 0.6 is 0 Å². The number of hydrogen-bond acceptors (Lipinski definition) is 3. The van der Waals surface area contributed by atoms with Crippen LogP contribution in [-0.4, -0.2) is 53.3 Å². The molecule has 1 unspecified atom stereocenters. The highest BCUT2D eigenvalue weighted by Crippen LogP contribution is 2.33. The van der Waals surface area contributed by atoms with Crippen LogP contribution in [0.1, 0.15) is 19.8 Å². The third-order valence-electron chi connectivity index (χ3n) is 2.88. The smallest absolute Gasteiger partial charge is 0.321 e. The molecule has 0 aromatic carbocycles. The summed E-state index contributed by atoms with van der Waals surface area (Å²) in [6, 6.07) is -0.861. The van der Waals surface area contributed by atoms with Crippen LogP contribution in [0.4, 0.5) is 0 Å². The third-order valence-corrected chi connectivity index (χ3v) is 5.04. The molecule has 1 heterocycles. The van der Waals surface area contributed by atoms with Gasteiger partial charge >= 0.3 is 5.97 Å². The van der Waals surface area contributed by atoms with Crippen LogP contribution in [-0.2, 0) is 15.0 Å². The van der Waals surface area contributed by atoms with Crippen molar-refractivity contribution in [2.24, 2.45) is 0 Å². The third kappa shape index (κ3) is 1.75. The zero-order valence-corrected chi connectivity index (χ0v) is 9.27. The first-order valence-corrected chi connectivity index (χ1v) is 6.35. The average Bonchev–Trinajstić information content (AvgIpc) is 2.90. The van der Waals surface area contributed by atoms with E-state index in [0.717, 1.165) is 17.1 Å². The van der Waals surface area contributed by atoms with Gasteiger partial charge in [0.1, 0.15) is 6.04 Å². The highest BCUT2D eigenvalue weighted by atomic mass is 32.2. The maximum Gasteiger partial charge on any atom is 0.321 e. The molecule has 86 valence electrons. The molecule has 1 aliphatic heterocycles. The zero-order chi connectivity index (χ0) is 11.2. The molecule has 1 N–H and O–H groups in total. The molecule has 1 atom stereocenters. The van der Waals surface area contributed by atoms with E-state index in [2.05, 4.69) is 0 Å². The molecule has 2 aliphatic rings. The summed E-state index contributed by atoms with van der Waals surface area (Å²) in [7, 11) is -3.52. The van der Waals surface area contributed by atoms with Gasteiger partial charge in [-0.3, -0.25) is 4.79 Å². The minimum absolute atomic E-state index is 0.112. The van der Waals surface area contributed by atoms with E-state index in [1.54, 1.807) is 0 Å². The van der Waals surface area contributed by atoms with Crippen LogP contribution in [0.3, 0.4) is 0 Å². The van der Waals surface area contributed by atoms with Crippen LogP contribution in [0.2, 0.25) is 0 Å². The molecule has 15 heavy (non-hydrogen) atoms. The first kappa shape index (κ1) is 10.8.